The third kappa shape index (κ3) is 6.33. The summed E-state index contributed by atoms with van der Waals surface area (Å²) in [7, 11) is 0. The third-order valence-corrected chi connectivity index (χ3v) is 3.03. The number of aliphatic carboxylic acids is 1. The zero-order valence-electron chi connectivity index (χ0n) is 12.0. The molecule has 20 heavy (non-hydrogen) atoms. The number of hydrogen-bond donors (Lipinski definition) is 2. The number of anilines is 1. The van der Waals surface area contributed by atoms with Crippen molar-refractivity contribution < 1.29 is 14.7 Å². The Morgan fingerprint density at radius 3 is 2.30 bits per heavy atom. The third-order valence-electron chi connectivity index (χ3n) is 3.03. The normalized spacial score (nSPS) is 10.8. The van der Waals surface area contributed by atoms with Crippen molar-refractivity contribution >= 4 is 17.6 Å². The number of nitrogens with zero attached hydrogens (tertiary/aromatic N) is 1. The standard InChI is InChI=1S/C15H22N2O3/c1-12(2)17(11-9-15(19)20)10-8-14(18)16-13-6-4-3-5-7-13/h3-7,12H,8-11H2,1-2H3,(H,16,18)(H,19,20). The van der Waals surface area contributed by atoms with Gasteiger partial charge in [0.2, 0.25) is 5.91 Å². The van der Waals surface area contributed by atoms with Gasteiger partial charge in [0.25, 0.3) is 0 Å². The smallest absolute Gasteiger partial charge is 0.304 e. The van der Waals surface area contributed by atoms with Gasteiger partial charge in [-0.3, -0.25) is 14.5 Å². The molecule has 0 aliphatic heterocycles. The molecule has 0 unspecified atom stereocenters. The van der Waals surface area contributed by atoms with Gasteiger partial charge in [0.05, 0.1) is 6.42 Å². The SMILES string of the molecule is CC(C)N(CCC(=O)O)CCC(=O)Nc1ccccc1. The van der Waals surface area contributed by atoms with E-state index in [1.54, 1.807) is 0 Å². The molecule has 0 aliphatic carbocycles. The van der Waals surface area contributed by atoms with Crippen LogP contribution in [0.15, 0.2) is 30.3 Å². The first kappa shape index (κ1) is 16.2. The van der Waals surface area contributed by atoms with Gasteiger partial charge in [-0.05, 0) is 26.0 Å². The van der Waals surface area contributed by atoms with Crippen molar-refractivity contribution in [2.75, 3.05) is 18.4 Å². The summed E-state index contributed by atoms with van der Waals surface area (Å²) in [5.41, 5.74) is 0.777. The van der Waals surface area contributed by atoms with Crippen molar-refractivity contribution in [3.05, 3.63) is 30.3 Å². The predicted octanol–water partition coefficient (Wildman–Crippen LogP) is 2.20. The number of carboxylic acid groups (broad SMARTS) is 1. The molecular weight excluding hydrogens is 256 g/mol. The highest BCUT2D eigenvalue weighted by Gasteiger charge is 2.13. The Morgan fingerprint density at radius 1 is 1.15 bits per heavy atom. The summed E-state index contributed by atoms with van der Waals surface area (Å²) in [5, 5.41) is 11.5. The second kappa shape index (κ2) is 8.32. The summed E-state index contributed by atoms with van der Waals surface area (Å²) in [6.07, 6.45) is 0.450. The van der Waals surface area contributed by atoms with E-state index in [2.05, 4.69) is 5.32 Å². The predicted molar refractivity (Wildman–Crippen MR) is 78.7 cm³/mol. The average molecular weight is 278 g/mol. The van der Waals surface area contributed by atoms with Crippen LogP contribution in [0, 0.1) is 0 Å². The van der Waals surface area contributed by atoms with Gasteiger partial charge in [0, 0.05) is 31.2 Å². The van der Waals surface area contributed by atoms with Gasteiger partial charge in [0.1, 0.15) is 0 Å². The molecule has 5 heteroatoms. The first-order valence-electron chi connectivity index (χ1n) is 6.80. The molecule has 1 amide bonds. The fourth-order valence-corrected chi connectivity index (χ4v) is 1.86. The first-order valence-corrected chi connectivity index (χ1v) is 6.80. The van der Waals surface area contributed by atoms with Gasteiger partial charge in [-0.1, -0.05) is 18.2 Å². The van der Waals surface area contributed by atoms with Crippen LogP contribution in [0.5, 0.6) is 0 Å². The van der Waals surface area contributed by atoms with E-state index in [1.165, 1.54) is 0 Å². The number of para-hydroxylation sites is 1. The number of carbonyl (C=O) groups excluding carboxylic acids is 1. The van der Waals surface area contributed by atoms with E-state index in [1.807, 2.05) is 49.1 Å². The monoisotopic (exact) mass is 278 g/mol. The maximum atomic E-state index is 11.8. The van der Waals surface area contributed by atoms with Crippen molar-refractivity contribution in [3.8, 4) is 0 Å². The van der Waals surface area contributed by atoms with Crippen LogP contribution in [0.2, 0.25) is 0 Å². The van der Waals surface area contributed by atoms with Gasteiger partial charge >= 0.3 is 5.97 Å². The van der Waals surface area contributed by atoms with Crippen molar-refractivity contribution in [1.29, 1.82) is 0 Å². The largest absolute Gasteiger partial charge is 0.481 e. The zero-order chi connectivity index (χ0) is 15.0. The number of amides is 1. The second-order valence-electron chi connectivity index (χ2n) is 4.94. The quantitative estimate of drug-likeness (QED) is 0.765. The summed E-state index contributed by atoms with van der Waals surface area (Å²) < 4.78 is 0. The van der Waals surface area contributed by atoms with E-state index in [-0.39, 0.29) is 18.4 Å². The van der Waals surface area contributed by atoms with Crippen LogP contribution < -0.4 is 5.32 Å². The van der Waals surface area contributed by atoms with Crippen molar-refractivity contribution in [1.82, 2.24) is 4.90 Å². The highest BCUT2D eigenvalue weighted by molar-refractivity contribution is 5.90. The number of rotatable bonds is 8. The van der Waals surface area contributed by atoms with Crippen LogP contribution in [0.25, 0.3) is 0 Å². The Kier molecular flexibility index (Phi) is 6.73. The molecule has 2 N–H and O–H groups in total. The molecule has 0 aliphatic rings. The van der Waals surface area contributed by atoms with Crippen LogP contribution in [0.1, 0.15) is 26.7 Å². The van der Waals surface area contributed by atoms with Gasteiger partial charge in [-0.2, -0.15) is 0 Å². The van der Waals surface area contributed by atoms with Crippen LogP contribution in [-0.4, -0.2) is 41.0 Å². The first-order chi connectivity index (χ1) is 9.49. The van der Waals surface area contributed by atoms with Gasteiger partial charge < -0.3 is 10.4 Å². The molecule has 0 spiro atoms. The topological polar surface area (TPSA) is 69.6 Å². The van der Waals surface area contributed by atoms with Crippen LogP contribution >= 0.6 is 0 Å². The van der Waals surface area contributed by atoms with Crippen molar-refractivity contribution in [2.45, 2.75) is 32.7 Å². The Bertz CT molecular complexity index is 432. The fourth-order valence-electron chi connectivity index (χ4n) is 1.86. The van der Waals surface area contributed by atoms with E-state index >= 15 is 0 Å². The Labute approximate surface area is 119 Å². The second-order valence-corrected chi connectivity index (χ2v) is 4.94. The average Bonchev–Trinajstić information content (AvgIpc) is 2.39. The molecule has 0 saturated heterocycles. The minimum absolute atomic E-state index is 0.0582. The summed E-state index contributed by atoms with van der Waals surface area (Å²) in [6, 6.07) is 9.51. The Hall–Kier alpha value is -1.88. The molecule has 5 nitrogen and oxygen atoms in total. The summed E-state index contributed by atoms with van der Waals surface area (Å²) in [5.74, 6) is -0.874. The number of hydrogen-bond acceptors (Lipinski definition) is 3. The highest BCUT2D eigenvalue weighted by Crippen LogP contribution is 2.07. The van der Waals surface area contributed by atoms with E-state index in [9.17, 15) is 9.59 Å². The number of benzene rings is 1. The lowest BCUT2D eigenvalue weighted by Gasteiger charge is -2.25. The lowest BCUT2D eigenvalue weighted by atomic mass is 10.2. The molecule has 0 bridgehead atoms. The maximum Gasteiger partial charge on any atom is 0.304 e. The maximum absolute atomic E-state index is 11.8. The molecule has 0 radical (unpaired) electrons. The number of carboxylic acids is 1. The summed E-state index contributed by atoms with van der Waals surface area (Å²) in [6.45, 7) is 5.02. The summed E-state index contributed by atoms with van der Waals surface area (Å²) in [4.78, 5) is 24.4. The fraction of sp³-hybridized carbons (Fsp3) is 0.467. The van der Waals surface area contributed by atoms with Gasteiger partial charge in [-0.25, -0.2) is 0 Å². The van der Waals surface area contributed by atoms with E-state index in [0.29, 0.717) is 19.5 Å². The lowest BCUT2D eigenvalue weighted by molar-refractivity contribution is -0.137. The van der Waals surface area contributed by atoms with Crippen LogP contribution in [0.3, 0.4) is 0 Å². The minimum Gasteiger partial charge on any atom is -0.481 e. The number of nitrogens with one attached hydrogen (secondary N) is 1. The molecule has 1 aromatic rings. The lowest BCUT2D eigenvalue weighted by Crippen LogP contribution is -2.35. The zero-order valence-corrected chi connectivity index (χ0v) is 12.0. The van der Waals surface area contributed by atoms with E-state index < -0.39 is 5.97 Å². The van der Waals surface area contributed by atoms with E-state index in [0.717, 1.165) is 5.69 Å². The van der Waals surface area contributed by atoms with E-state index in [4.69, 9.17) is 5.11 Å². The molecule has 1 aromatic carbocycles. The van der Waals surface area contributed by atoms with Crippen LogP contribution in [0.4, 0.5) is 5.69 Å². The molecule has 0 saturated carbocycles. The molecular formula is C15H22N2O3. The van der Waals surface area contributed by atoms with Crippen molar-refractivity contribution in [3.63, 3.8) is 0 Å². The molecule has 0 fully saturated rings. The molecule has 110 valence electrons. The highest BCUT2D eigenvalue weighted by atomic mass is 16.4. The minimum atomic E-state index is -0.815. The molecule has 0 atom stereocenters. The Balaban J connectivity index is 2.38. The van der Waals surface area contributed by atoms with Crippen LogP contribution in [-0.2, 0) is 9.59 Å². The van der Waals surface area contributed by atoms with Gasteiger partial charge in [0.15, 0.2) is 0 Å². The molecule has 0 heterocycles. The van der Waals surface area contributed by atoms with Crippen molar-refractivity contribution in [2.24, 2.45) is 0 Å². The molecule has 1 rings (SSSR count). The number of carbonyl (C=O) groups is 2. The van der Waals surface area contributed by atoms with Gasteiger partial charge in [-0.15, -0.1) is 0 Å². The Morgan fingerprint density at radius 2 is 1.75 bits per heavy atom. The summed E-state index contributed by atoms with van der Waals surface area (Å²) >= 11 is 0. The molecule has 0 aromatic heterocycles.